The maximum absolute atomic E-state index is 10.9. The predicted molar refractivity (Wildman–Crippen MR) is 65.7 cm³/mol. The molecule has 0 aliphatic rings. The van der Waals surface area contributed by atoms with Gasteiger partial charge in [0.2, 0.25) is 0 Å². The smallest absolute Gasteiger partial charge is 0.150 e. The van der Waals surface area contributed by atoms with Gasteiger partial charge in [-0.15, -0.1) is 0 Å². The zero-order valence-electron chi connectivity index (χ0n) is 7.83. The van der Waals surface area contributed by atoms with Crippen LogP contribution < -0.4 is 0 Å². The highest BCUT2D eigenvalue weighted by Crippen LogP contribution is 2.25. The summed E-state index contributed by atoms with van der Waals surface area (Å²) >= 11 is 2.27. The Morgan fingerprint density at radius 3 is 2.93 bits per heavy atom. The van der Waals surface area contributed by atoms with Crippen LogP contribution >= 0.6 is 22.6 Å². The molecule has 0 aliphatic carbocycles. The first-order valence-electron chi connectivity index (χ1n) is 4.50. The molecule has 0 unspecified atom stereocenters. The Kier molecular flexibility index (Phi) is 2.58. The fourth-order valence-corrected chi connectivity index (χ4v) is 2.61. The monoisotopic (exact) mass is 299 g/mol. The number of halogens is 1. The lowest BCUT2D eigenvalue weighted by molar-refractivity contribution is 0.112. The molecule has 0 bridgehead atoms. The van der Waals surface area contributed by atoms with Gasteiger partial charge in [0.05, 0.1) is 0 Å². The van der Waals surface area contributed by atoms with E-state index < -0.39 is 0 Å². The molecule has 1 aromatic heterocycles. The van der Waals surface area contributed by atoms with Crippen LogP contribution in [0.25, 0.3) is 10.9 Å². The Bertz CT molecular complexity index is 487. The summed E-state index contributed by atoms with van der Waals surface area (Å²) in [5, 5.41) is 1.07. The summed E-state index contributed by atoms with van der Waals surface area (Å²) in [5.41, 5.74) is 1.92. The lowest BCUT2D eigenvalue weighted by atomic mass is 10.1. The molecule has 2 aromatic rings. The Morgan fingerprint density at radius 1 is 1.50 bits per heavy atom. The van der Waals surface area contributed by atoms with Gasteiger partial charge in [0.15, 0.2) is 6.29 Å². The van der Waals surface area contributed by atoms with E-state index in [0.717, 1.165) is 32.9 Å². The topological polar surface area (TPSA) is 22.0 Å². The Labute approximate surface area is 96.1 Å². The van der Waals surface area contributed by atoms with Gasteiger partial charge in [-0.3, -0.25) is 4.79 Å². The lowest BCUT2D eigenvalue weighted by Crippen LogP contribution is -1.90. The zero-order chi connectivity index (χ0) is 10.1. The fraction of sp³-hybridized carbons (Fsp3) is 0.182. The van der Waals surface area contributed by atoms with Crippen molar-refractivity contribution < 1.29 is 4.79 Å². The predicted octanol–water partition coefficient (Wildman–Crippen LogP) is 3.08. The standard InChI is InChI=1S/C11H10INO/c1-2-13-6-9(12)11-8(7-14)4-3-5-10(11)13/h3-7H,2H2,1H3. The number of fused-ring (bicyclic) bond motifs is 1. The van der Waals surface area contributed by atoms with E-state index in [4.69, 9.17) is 0 Å². The van der Waals surface area contributed by atoms with E-state index in [2.05, 4.69) is 40.3 Å². The average molecular weight is 299 g/mol. The first kappa shape index (κ1) is 9.71. The second kappa shape index (κ2) is 3.73. The van der Waals surface area contributed by atoms with Crippen LogP contribution in [0.3, 0.4) is 0 Å². The number of aldehydes is 1. The second-order valence-electron chi connectivity index (χ2n) is 3.12. The Morgan fingerprint density at radius 2 is 2.29 bits per heavy atom. The number of hydrogen-bond donors (Lipinski definition) is 0. The molecule has 2 nitrogen and oxygen atoms in total. The third-order valence-corrected chi connectivity index (χ3v) is 3.18. The summed E-state index contributed by atoms with van der Waals surface area (Å²) in [5.74, 6) is 0. The minimum Gasteiger partial charge on any atom is -0.347 e. The largest absolute Gasteiger partial charge is 0.347 e. The van der Waals surface area contributed by atoms with Crippen LogP contribution in [0.1, 0.15) is 17.3 Å². The minimum atomic E-state index is 0.777. The Balaban J connectivity index is 2.87. The summed E-state index contributed by atoms with van der Waals surface area (Å²) < 4.78 is 3.30. The second-order valence-corrected chi connectivity index (χ2v) is 4.28. The third-order valence-electron chi connectivity index (χ3n) is 2.36. The molecular weight excluding hydrogens is 289 g/mol. The molecule has 0 N–H and O–H groups in total. The molecule has 0 radical (unpaired) electrons. The van der Waals surface area contributed by atoms with Gasteiger partial charge in [-0.1, -0.05) is 12.1 Å². The number of hydrogen-bond acceptors (Lipinski definition) is 1. The van der Waals surface area contributed by atoms with E-state index >= 15 is 0 Å². The van der Waals surface area contributed by atoms with Crippen LogP contribution in [0.4, 0.5) is 0 Å². The van der Waals surface area contributed by atoms with Gasteiger partial charge in [-0.05, 0) is 35.6 Å². The molecule has 0 atom stereocenters. The maximum Gasteiger partial charge on any atom is 0.150 e. The summed E-state index contributed by atoms with van der Waals surface area (Å²) in [6.45, 7) is 3.03. The quantitative estimate of drug-likeness (QED) is 0.617. The van der Waals surface area contributed by atoms with Gasteiger partial charge >= 0.3 is 0 Å². The lowest BCUT2D eigenvalue weighted by Gasteiger charge is -2.00. The molecule has 2 rings (SSSR count). The number of benzene rings is 1. The van der Waals surface area contributed by atoms with Crippen LogP contribution in [0, 0.1) is 3.57 Å². The van der Waals surface area contributed by atoms with Crippen molar-refractivity contribution in [1.82, 2.24) is 4.57 Å². The van der Waals surface area contributed by atoms with Crippen molar-refractivity contribution >= 4 is 39.8 Å². The molecule has 0 amide bonds. The summed E-state index contributed by atoms with van der Waals surface area (Å²) in [4.78, 5) is 10.9. The van der Waals surface area contributed by atoms with Crippen LogP contribution in [0.15, 0.2) is 24.4 Å². The SMILES string of the molecule is CCn1cc(I)c2c(C=O)cccc21. The number of aryl methyl sites for hydroxylation is 1. The van der Waals surface area contributed by atoms with Crippen LogP contribution in [-0.4, -0.2) is 10.9 Å². The summed E-state index contributed by atoms with van der Waals surface area (Å²) in [6, 6.07) is 5.83. The maximum atomic E-state index is 10.9. The first-order valence-corrected chi connectivity index (χ1v) is 5.58. The highest BCUT2D eigenvalue weighted by atomic mass is 127. The Hall–Kier alpha value is -0.840. The van der Waals surface area contributed by atoms with Crippen molar-refractivity contribution in [3.05, 3.63) is 33.5 Å². The van der Waals surface area contributed by atoms with E-state index in [1.807, 2.05) is 18.2 Å². The molecule has 0 fully saturated rings. The van der Waals surface area contributed by atoms with Crippen molar-refractivity contribution in [2.24, 2.45) is 0 Å². The van der Waals surface area contributed by atoms with Gasteiger partial charge in [-0.2, -0.15) is 0 Å². The van der Waals surface area contributed by atoms with E-state index in [-0.39, 0.29) is 0 Å². The highest BCUT2D eigenvalue weighted by molar-refractivity contribution is 14.1. The van der Waals surface area contributed by atoms with Crippen LogP contribution in [0.2, 0.25) is 0 Å². The highest BCUT2D eigenvalue weighted by Gasteiger charge is 2.08. The van der Waals surface area contributed by atoms with Gasteiger partial charge in [-0.25, -0.2) is 0 Å². The molecule has 0 spiro atoms. The fourth-order valence-electron chi connectivity index (χ4n) is 1.69. The number of carbonyl (C=O) groups is 1. The molecule has 3 heteroatoms. The van der Waals surface area contributed by atoms with E-state index in [1.54, 1.807) is 0 Å². The number of carbonyl (C=O) groups excluding carboxylic acids is 1. The zero-order valence-corrected chi connectivity index (χ0v) is 9.98. The molecule has 72 valence electrons. The van der Waals surface area contributed by atoms with Crippen molar-refractivity contribution in [2.75, 3.05) is 0 Å². The average Bonchev–Trinajstić information content (AvgIpc) is 2.55. The van der Waals surface area contributed by atoms with Gasteiger partial charge in [0, 0.05) is 32.8 Å². The van der Waals surface area contributed by atoms with Gasteiger partial charge in [0.1, 0.15) is 0 Å². The summed E-state index contributed by atoms with van der Waals surface area (Å²) in [6.07, 6.45) is 3.00. The summed E-state index contributed by atoms with van der Waals surface area (Å²) in [7, 11) is 0. The molecule has 0 aliphatic heterocycles. The van der Waals surface area contributed by atoms with Crippen molar-refractivity contribution in [3.8, 4) is 0 Å². The van der Waals surface area contributed by atoms with E-state index in [9.17, 15) is 4.79 Å². The minimum absolute atomic E-state index is 0.777. The van der Waals surface area contributed by atoms with Gasteiger partial charge < -0.3 is 4.57 Å². The molecule has 0 saturated carbocycles. The van der Waals surface area contributed by atoms with Crippen molar-refractivity contribution in [3.63, 3.8) is 0 Å². The van der Waals surface area contributed by atoms with E-state index in [1.165, 1.54) is 0 Å². The van der Waals surface area contributed by atoms with Gasteiger partial charge in [0.25, 0.3) is 0 Å². The van der Waals surface area contributed by atoms with Crippen LogP contribution in [0.5, 0.6) is 0 Å². The number of nitrogens with zero attached hydrogens (tertiary/aromatic N) is 1. The third kappa shape index (κ3) is 1.35. The molecule has 14 heavy (non-hydrogen) atoms. The first-order chi connectivity index (χ1) is 6.77. The normalized spacial score (nSPS) is 10.7. The van der Waals surface area contributed by atoms with Crippen molar-refractivity contribution in [1.29, 1.82) is 0 Å². The molecule has 1 heterocycles. The molecular formula is C11H10INO. The molecule has 0 saturated heterocycles. The van der Waals surface area contributed by atoms with Crippen LogP contribution in [-0.2, 0) is 6.54 Å². The molecule has 1 aromatic carbocycles. The number of aromatic nitrogens is 1. The van der Waals surface area contributed by atoms with Crippen molar-refractivity contribution in [2.45, 2.75) is 13.5 Å². The number of rotatable bonds is 2. The van der Waals surface area contributed by atoms with E-state index in [0.29, 0.717) is 0 Å².